The van der Waals surface area contributed by atoms with Gasteiger partial charge in [0, 0.05) is 31.0 Å². The summed E-state index contributed by atoms with van der Waals surface area (Å²) >= 11 is 0. The van der Waals surface area contributed by atoms with Gasteiger partial charge in [-0.25, -0.2) is 4.98 Å². The maximum Gasteiger partial charge on any atom is 0.214 e. The van der Waals surface area contributed by atoms with Gasteiger partial charge in [-0.3, -0.25) is 0 Å². The standard InChI is InChI=1S/C11H15FN2/c1-8-6-14(7-9(8)2)10-3-4-13-11(12)5-10/h3-5,8-9H,6-7H2,1-2H3. The van der Waals surface area contributed by atoms with E-state index in [9.17, 15) is 4.39 Å². The zero-order chi connectivity index (χ0) is 10.1. The lowest BCUT2D eigenvalue weighted by atomic mass is 10.0. The lowest BCUT2D eigenvalue weighted by Crippen LogP contribution is -2.19. The Labute approximate surface area is 83.8 Å². The molecular weight excluding hydrogens is 179 g/mol. The highest BCUT2D eigenvalue weighted by atomic mass is 19.1. The summed E-state index contributed by atoms with van der Waals surface area (Å²) in [6.45, 7) is 6.51. The second-order valence-electron chi connectivity index (χ2n) is 4.20. The van der Waals surface area contributed by atoms with E-state index in [1.54, 1.807) is 0 Å². The van der Waals surface area contributed by atoms with Gasteiger partial charge in [0.05, 0.1) is 0 Å². The fourth-order valence-corrected chi connectivity index (χ4v) is 1.93. The molecule has 76 valence electrons. The first kappa shape index (κ1) is 9.44. The van der Waals surface area contributed by atoms with Crippen LogP contribution in [0.15, 0.2) is 18.3 Å². The Kier molecular flexibility index (Phi) is 2.40. The quantitative estimate of drug-likeness (QED) is 0.638. The molecule has 1 fully saturated rings. The van der Waals surface area contributed by atoms with E-state index in [0.29, 0.717) is 11.8 Å². The first-order valence-electron chi connectivity index (χ1n) is 5.03. The van der Waals surface area contributed by atoms with E-state index in [4.69, 9.17) is 0 Å². The van der Waals surface area contributed by atoms with Crippen LogP contribution in [-0.2, 0) is 0 Å². The Balaban J connectivity index is 2.17. The minimum Gasteiger partial charge on any atom is -0.371 e. The summed E-state index contributed by atoms with van der Waals surface area (Å²) in [6, 6.07) is 3.37. The van der Waals surface area contributed by atoms with E-state index in [1.165, 1.54) is 12.3 Å². The summed E-state index contributed by atoms with van der Waals surface area (Å²) in [6.07, 6.45) is 1.53. The third-order valence-corrected chi connectivity index (χ3v) is 3.06. The molecule has 1 aromatic heterocycles. The molecule has 2 unspecified atom stereocenters. The minimum atomic E-state index is -0.394. The van der Waals surface area contributed by atoms with Crippen molar-refractivity contribution in [3.8, 4) is 0 Å². The van der Waals surface area contributed by atoms with Crippen molar-refractivity contribution in [2.24, 2.45) is 11.8 Å². The second kappa shape index (κ2) is 3.56. The van der Waals surface area contributed by atoms with Crippen molar-refractivity contribution in [2.45, 2.75) is 13.8 Å². The molecule has 0 radical (unpaired) electrons. The Hall–Kier alpha value is -1.12. The van der Waals surface area contributed by atoms with Crippen molar-refractivity contribution in [1.29, 1.82) is 0 Å². The van der Waals surface area contributed by atoms with Gasteiger partial charge >= 0.3 is 0 Å². The normalized spacial score (nSPS) is 26.9. The molecule has 14 heavy (non-hydrogen) atoms. The van der Waals surface area contributed by atoms with Crippen LogP contribution < -0.4 is 4.90 Å². The molecule has 0 saturated carbocycles. The number of hydrogen-bond acceptors (Lipinski definition) is 2. The molecule has 1 aromatic rings. The number of hydrogen-bond donors (Lipinski definition) is 0. The lowest BCUT2D eigenvalue weighted by molar-refractivity contribution is 0.494. The van der Waals surface area contributed by atoms with Crippen molar-refractivity contribution in [2.75, 3.05) is 18.0 Å². The van der Waals surface area contributed by atoms with Crippen molar-refractivity contribution in [1.82, 2.24) is 4.98 Å². The van der Waals surface area contributed by atoms with Crippen LogP contribution in [0.2, 0.25) is 0 Å². The van der Waals surface area contributed by atoms with Crippen molar-refractivity contribution < 1.29 is 4.39 Å². The monoisotopic (exact) mass is 194 g/mol. The molecule has 0 bridgehead atoms. The predicted octanol–water partition coefficient (Wildman–Crippen LogP) is 2.31. The number of pyridine rings is 1. The number of nitrogens with zero attached hydrogens (tertiary/aromatic N) is 2. The molecule has 1 saturated heterocycles. The SMILES string of the molecule is CC1CN(c2ccnc(F)c2)CC1C. The van der Waals surface area contributed by atoms with Gasteiger partial charge in [-0.05, 0) is 17.9 Å². The highest BCUT2D eigenvalue weighted by Crippen LogP contribution is 2.27. The van der Waals surface area contributed by atoms with E-state index >= 15 is 0 Å². The average Bonchev–Trinajstić information content (AvgIpc) is 2.47. The van der Waals surface area contributed by atoms with Crippen LogP contribution in [-0.4, -0.2) is 18.1 Å². The Morgan fingerprint density at radius 1 is 1.36 bits per heavy atom. The van der Waals surface area contributed by atoms with Crippen molar-refractivity contribution in [3.63, 3.8) is 0 Å². The molecule has 0 N–H and O–H groups in total. The molecule has 0 spiro atoms. The van der Waals surface area contributed by atoms with E-state index < -0.39 is 5.95 Å². The maximum atomic E-state index is 12.9. The molecule has 0 aliphatic carbocycles. The van der Waals surface area contributed by atoms with E-state index in [2.05, 4.69) is 23.7 Å². The first-order chi connectivity index (χ1) is 6.66. The minimum absolute atomic E-state index is 0.394. The summed E-state index contributed by atoms with van der Waals surface area (Å²) in [7, 11) is 0. The molecule has 3 heteroatoms. The van der Waals surface area contributed by atoms with Gasteiger partial charge in [-0.1, -0.05) is 13.8 Å². The number of rotatable bonds is 1. The third-order valence-electron chi connectivity index (χ3n) is 3.06. The summed E-state index contributed by atoms with van der Waals surface area (Å²) in [4.78, 5) is 5.78. The van der Waals surface area contributed by atoms with Crippen LogP contribution in [0.5, 0.6) is 0 Å². The highest BCUT2D eigenvalue weighted by Gasteiger charge is 2.26. The van der Waals surface area contributed by atoms with Crippen LogP contribution in [0.1, 0.15) is 13.8 Å². The van der Waals surface area contributed by atoms with Crippen LogP contribution in [0, 0.1) is 17.8 Å². The Morgan fingerprint density at radius 3 is 2.57 bits per heavy atom. The fraction of sp³-hybridized carbons (Fsp3) is 0.545. The second-order valence-corrected chi connectivity index (χ2v) is 4.20. The van der Waals surface area contributed by atoms with Crippen molar-refractivity contribution in [3.05, 3.63) is 24.3 Å². The van der Waals surface area contributed by atoms with Gasteiger partial charge in [-0.2, -0.15) is 4.39 Å². The lowest BCUT2D eigenvalue weighted by Gasteiger charge is -2.17. The van der Waals surface area contributed by atoms with Crippen LogP contribution in [0.25, 0.3) is 0 Å². The molecule has 2 atom stereocenters. The van der Waals surface area contributed by atoms with Crippen LogP contribution in [0.3, 0.4) is 0 Å². The predicted molar refractivity (Wildman–Crippen MR) is 54.7 cm³/mol. The molecule has 1 aliphatic rings. The Bertz CT molecular complexity index is 317. The summed E-state index contributed by atoms with van der Waals surface area (Å²) in [5, 5.41) is 0. The molecule has 2 nitrogen and oxygen atoms in total. The first-order valence-corrected chi connectivity index (χ1v) is 5.03. The third kappa shape index (κ3) is 1.72. The zero-order valence-corrected chi connectivity index (χ0v) is 8.57. The van der Waals surface area contributed by atoms with Gasteiger partial charge in [0.25, 0.3) is 0 Å². The summed E-state index contributed by atoms with van der Waals surface area (Å²) < 4.78 is 12.9. The molecule has 2 heterocycles. The zero-order valence-electron chi connectivity index (χ0n) is 8.57. The average molecular weight is 194 g/mol. The van der Waals surface area contributed by atoms with Crippen LogP contribution >= 0.6 is 0 Å². The molecule has 0 amide bonds. The van der Waals surface area contributed by atoms with Gasteiger partial charge in [0.1, 0.15) is 0 Å². The summed E-state index contributed by atoms with van der Waals surface area (Å²) in [5.74, 6) is 0.979. The summed E-state index contributed by atoms with van der Waals surface area (Å²) in [5.41, 5.74) is 0.953. The van der Waals surface area contributed by atoms with Gasteiger partial charge in [0.15, 0.2) is 0 Å². The number of anilines is 1. The van der Waals surface area contributed by atoms with E-state index in [1.807, 2.05) is 6.07 Å². The van der Waals surface area contributed by atoms with Gasteiger partial charge < -0.3 is 4.90 Å². The highest BCUT2D eigenvalue weighted by molar-refractivity contribution is 5.46. The molecule has 0 aromatic carbocycles. The van der Waals surface area contributed by atoms with E-state index in [-0.39, 0.29) is 0 Å². The molecular formula is C11H15FN2. The smallest absolute Gasteiger partial charge is 0.214 e. The largest absolute Gasteiger partial charge is 0.371 e. The topological polar surface area (TPSA) is 16.1 Å². The molecule has 2 rings (SSSR count). The fourth-order valence-electron chi connectivity index (χ4n) is 1.93. The molecule has 1 aliphatic heterocycles. The Morgan fingerprint density at radius 2 is 2.00 bits per heavy atom. The number of aromatic nitrogens is 1. The van der Waals surface area contributed by atoms with E-state index in [0.717, 1.165) is 18.8 Å². The van der Waals surface area contributed by atoms with Crippen molar-refractivity contribution >= 4 is 5.69 Å². The maximum absolute atomic E-state index is 12.9. The van der Waals surface area contributed by atoms with Gasteiger partial charge in [-0.15, -0.1) is 0 Å². The number of halogens is 1. The van der Waals surface area contributed by atoms with Crippen LogP contribution in [0.4, 0.5) is 10.1 Å². The van der Waals surface area contributed by atoms with Gasteiger partial charge in [0.2, 0.25) is 5.95 Å².